The number of carbonyl (C=O) groups excluding carboxylic acids is 1. The summed E-state index contributed by atoms with van der Waals surface area (Å²) in [5, 5.41) is 4.36. The van der Waals surface area contributed by atoms with Crippen molar-refractivity contribution in [2.75, 3.05) is 20.3 Å². The van der Waals surface area contributed by atoms with E-state index in [1.54, 1.807) is 18.1 Å². The topological polar surface area (TPSA) is 56.6 Å². The quantitative estimate of drug-likeness (QED) is 0.569. The van der Waals surface area contributed by atoms with Crippen LogP contribution < -0.4 is 9.47 Å². The third-order valence-corrected chi connectivity index (χ3v) is 4.22. The van der Waals surface area contributed by atoms with Crippen molar-refractivity contribution in [2.45, 2.75) is 19.9 Å². The van der Waals surface area contributed by atoms with Crippen molar-refractivity contribution in [3.8, 4) is 17.2 Å². The van der Waals surface area contributed by atoms with Crippen molar-refractivity contribution >= 4 is 5.91 Å². The van der Waals surface area contributed by atoms with Crippen molar-refractivity contribution in [3.63, 3.8) is 0 Å². The first-order valence-electron chi connectivity index (χ1n) is 9.34. The predicted molar refractivity (Wildman–Crippen MR) is 108 cm³/mol. The molecule has 0 unspecified atom stereocenters. The van der Waals surface area contributed by atoms with E-state index in [-0.39, 0.29) is 5.91 Å². The fourth-order valence-corrected chi connectivity index (χ4v) is 2.77. The van der Waals surface area contributed by atoms with E-state index in [1.807, 2.05) is 72.4 Å². The van der Waals surface area contributed by atoms with Gasteiger partial charge in [-0.25, -0.2) is 4.68 Å². The van der Waals surface area contributed by atoms with Crippen LogP contribution in [-0.4, -0.2) is 40.8 Å². The number of hydrogen-bond donors (Lipinski definition) is 0. The second kappa shape index (κ2) is 9.60. The average Bonchev–Trinajstić information content (AvgIpc) is 3.18. The second-order valence-corrected chi connectivity index (χ2v) is 6.38. The van der Waals surface area contributed by atoms with Crippen LogP contribution in [-0.2, 0) is 11.3 Å². The van der Waals surface area contributed by atoms with Crippen molar-refractivity contribution in [1.29, 1.82) is 0 Å². The van der Waals surface area contributed by atoms with Gasteiger partial charge in [-0.1, -0.05) is 18.2 Å². The first kappa shape index (κ1) is 19.5. The molecular formula is C22H25N3O3. The summed E-state index contributed by atoms with van der Waals surface area (Å²) in [6.45, 7) is 3.42. The molecule has 6 heteroatoms. The van der Waals surface area contributed by atoms with Crippen LogP contribution in [0.15, 0.2) is 67.0 Å². The van der Waals surface area contributed by atoms with Gasteiger partial charge in [0.25, 0.3) is 0 Å². The SMILES string of the molecule is CCOc1ccc(OCCC(=O)N(C)Cc2cnn(-c3ccccc3)c2)cc1. The summed E-state index contributed by atoms with van der Waals surface area (Å²) in [5.74, 6) is 1.56. The summed E-state index contributed by atoms with van der Waals surface area (Å²) in [5.41, 5.74) is 1.97. The zero-order valence-corrected chi connectivity index (χ0v) is 16.2. The van der Waals surface area contributed by atoms with Gasteiger partial charge in [0.1, 0.15) is 11.5 Å². The van der Waals surface area contributed by atoms with Gasteiger partial charge in [-0.15, -0.1) is 0 Å². The molecule has 3 aromatic rings. The smallest absolute Gasteiger partial charge is 0.226 e. The minimum Gasteiger partial charge on any atom is -0.494 e. The molecular weight excluding hydrogens is 354 g/mol. The fraction of sp³-hybridized carbons (Fsp3) is 0.273. The molecule has 0 spiro atoms. The summed E-state index contributed by atoms with van der Waals surface area (Å²) in [4.78, 5) is 14.0. The zero-order chi connectivity index (χ0) is 19.8. The highest BCUT2D eigenvalue weighted by atomic mass is 16.5. The van der Waals surface area contributed by atoms with Crippen LogP contribution in [0, 0.1) is 0 Å². The van der Waals surface area contributed by atoms with Crippen LogP contribution in [0.2, 0.25) is 0 Å². The van der Waals surface area contributed by atoms with E-state index in [1.165, 1.54) is 0 Å². The van der Waals surface area contributed by atoms with E-state index < -0.39 is 0 Å². The molecule has 0 aliphatic carbocycles. The van der Waals surface area contributed by atoms with E-state index in [9.17, 15) is 4.79 Å². The maximum atomic E-state index is 12.4. The summed E-state index contributed by atoms with van der Waals surface area (Å²) in [6.07, 6.45) is 4.04. The number of ether oxygens (including phenoxy) is 2. The lowest BCUT2D eigenvalue weighted by Gasteiger charge is -2.16. The maximum absolute atomic E-state index is 12.4. The molecule has 1 amide bonds. The number of carbonyl (C=O) groups is 1. The Kier molecular flexibility index (Phi) is 6.68. The van der Waals surface area contributed by atoms with Crippen LogP contribution in [0.1, 0.15) is 18.9 Å². The molecule has 0 bridgehead atoms. The van der Waals surface area contributed by atoms with Crippen LogP contribution >= 0.6 is 0 Å². The number of rotatable bonds is 9. The highest BCUT2D eigenvalue weighted by molar-refractivity contribution is 5.76. The Labute approximate surface area is 165 Å². The monoisotopic (exact) mass is 379 g/mol. The van der Waals surface area contributed by atoms with Crippen LogP contribution in [0.3, 0.4) is 0 Å². The highest BCUT2D eigenvalue weighted by Gasteiger charge is 2.11. The Morgan fingerprint density at radius 2 is 1.71 bits per heavy atom. The third-order valence-electron chi connectivity index (χ3n) is 4.22. The summed E-state index contributed by atoms with van der Waals surface area (Å²) < 4.78 is 12.9. The Balaban J connectivity index is 1.45. The van der Waals surface area contributed by atoms with Crippen molar-refractivity contribution < 1.29 is 14.3 Å². The van der Waals surface area contributed by atoms with Gasteiger partial charge in [-0.05, 0) is 43.3 Å². The zero-order valence-electron chi connectivity index (χ0n) is 16.2. The highest BCUT2D eigenvalue weighted by Crippen LogP contribution is 2.17. The Hall–Kier alpha value is -3.28. The first-order valence-corrected chi connectivity index (χ1v) is 9.34. The predicted octanol–water partition coefficient (Wildman–Crippen LogP) is 3.70. The number of nitrogens with zero attached hydrogens (tertiary/aromatic N) is 3. The Morgan fingerprint density at radius 3 is 2.39 bits per heavy atom. The number of para-hydroxylation sites is 1. The largest absolute Gasteiger partial charge is 0.494 e. The van der Waals surface area contributed by atoms with E-state index in [2.05, 4.69) is 5.10 Å². The standard InChI is InChI=1S/C22H25N3O3/c1-3-27-20-9-11-21(12-10-20)28-14-13-22(26)24(2)16-18-15-23-25(17-18)19-7-5-4-6-8-19/h4-12,15,17H,3,13-14,16H2,1-2H3. The molecule has 0 saturated carbocycles. The van der Waals surface area contributed by atoms with E-state index in [4.69, 9.17) is 9.47 Å². The molecule has 146 valence electrons. The molecule has 0 N–H and O–H groups in total. The molecule has 0 atom stereocenters. The maximum Gasteiger partial charge on any atom is 0.226 e. The van der Waals surface area contributed by atoms with Crippen molar-refractivity contribution in [1.82, 2.24) is 14.7 Å². The van der Waals surface area contributed by atoms with E-state index >= 15 is 0 Å². The minimum absolute atomic E-state index is 0.0263. The molecule has 28 heavy (non-hydrogen) atoms. The number of aromatic nitrogens is 2. The minimum atomic E-state index is 0.0263. The molecule has 1 aromatic heterocycles. The van der Waals surface area contributed by atoms with Crippen LogP contribution in [0.5, 0.6) is 11.5 Å². The van der Waals surface area contributed by atoms with Gasteiger partial charge < -0.3 is 14.4 Å². The lowest BCUT2D eigenvalue weighted by Crippen LogP contribution is -2.27. The third kappa shape index (κ3) is 5.36. The lowest BCUT2D eigenvalue weighted by molar-refractivity contribution is -0.130. The Bertz CT molecular complexity index is 876. The van der Waals surface area contributed by atoms with Gasteiger partial charge in [0.05, 0.1) is 31.5 Å². The second-order valence-electron chi connectivity index (χ2n) is 6.38. The summed E-state index contributed by atoms with van der Waals surface area (Å²) in [7, 11) is 1.79. The number of hydrogen-bond acceptors (Lipinski definition) is 4. The van der Waals surface area contributed by atoms with Crippen LogP contribution in [0.4, 0.5) is 0 Å². The Morgan fingerprint density at radius 1 is 1.04 bits per heavy atom. The molecule has 1 heterocycles. The molecule has 0 aliphatic rings. The molecule has 3 rings (SSSR count). The van der Waals surface area contributed by atoms with Gasteiger partial charge in [0.15, 0.2) is 0 Å². The molecule has 6 nitrogen and oxygen atoms in total. The van der Waals surface area contributed by atoms with Gasteiger partial charge in [-0.2, -0.15) is 5.10 Å². The molecule has 2 aromatic carbocycles. The van der Waals surface area contributed by atoms with Gasteiger partial charge >= 0.3 is 0 Å². The summed E-state index contributed by atoms with van der Waals surface area (Å²) in [6, 6.07) is 17.3. The van der Waals surface area contributed by atoms with Crippen LogP contribution in [0.25, 0.3) is 5.69 Å². The van der Waals surface area contributed by atoms with Gasteiger partial charge in [0, 0.05) is 25.4 Å². The first-order chi connectivity index (χ1) is 13.7. The summed E-state index contributed by atoms with van der Waals surface area (Å²) >= 11 is 0. The van der Waals surface area contributed by atoms with Crippen molar-refractivity contribution in [2.24, 2.45) is 0 Å². The normalized spacial score (nSPS) is 10.5. The number of amides is 1. The van der Waals surface area contributed by atoms with Gasteiger partial charge in [-0.3, -0.25) is 4.79 Å². The van der Waals surface area contributed by atoms with Gasteiger partial charge in [0.2, 0.25) is 5.91 Å². The lowest BCUT2D eigenvalue weighted by atomic mass is 10.3. The average molecular weight is 379 g/mol. The van der Waals surface area contributed by atoms with Crippen molar-refractivity contribution in [3.05, 3.63) is 72.6 Å². The van der Waals surface area contributed by atoms with E-state index in [0.29, 0.717) is 26.2 Å². The number of benzene rings is 2. The van der Waals surface area contributed by atoms with E-state index in [0.717, 1.165) is 22.7 Å². The fourth-order valence-electron chi connectivity index (χ4n) is 2.77. The molecule has 0 aliphatic heterocycles. The molecule has 0 fully saturated rings. The molecule has 0 saturated heterocycles. The molecule has 0 radical (unpaired) electrons.